The van der Waals surface area contributed by atoms with Crippen molar-refractivity contribution in [3.8, 4) is 23.1 Å². The number of ether oxygens (including phenoxy) is 3. The Morgan fingerprint density at radius 2 is 2.03 bits per heavy atom. The molecule has 1 N–H and O–H groups in total. The van der Waals surface area contributed by atoms with Crippen LogP contribution in [0.4, 0.5) is 13.2 Å². The molecule has 1 aromatic heterocycles. The van der Waals surface area contributed by atoms with Crippen LogP contribution in [-0.4, -0.2) is 23.3 Å². The quantitative estimate of drug-likeness (QED) is 0.481. The Morgan fingerprint density at radius 3 is 2.79 bits per heavy atom. The monoisotopic (exact) mass is 457 g/mol. The van der Waals surface area contributed by atoms with Crippen LogP contribution in [0.3, 0.4) is 0 Å². The maximum absolute atomic E-state index is 14.8. The molecule has 0 bridgehead atoms. The van der Waals surface area contributed by atoms with Gasteiger partial charge >= 0.3 is 0 Å². The number of pyridine rings is 1. The van der Waals surface area contributed by atoms with Gasteiger partial charge in [-0.05, 0) is 43.5 Å². The number of nitrogens with zero attached hydrogens (tertiary/aromatic N) is 1. The van der Waals surface area contributed by atoms with Crippen molar-refractivity contribution in [2.24, 2.45) is 0 Å². The molecule has 0 saturated carbocycles. The molecule has 172 valence electrons. The fraction of sp³-hybridized carbons (Fsp3) is 0.320. The van der Waals surface area contributed by atoms with Crippen LogP contribution < -0.4 is 14.2 Å². The third kappa shape index (κ3) is 4.23. The fourth-order valence-electron chi connectivity index (χ4n) is 4.44. The van der Waals surface area contributed by atoms with Crippen LogP contribution in [0.2, 0.25) is 0 Å². The van der Waals surface area contributed by atoms with Gasteiger partial charge in [0.25, 0.3) is 6.43 Å². The highest BCUT2D eigenvalue weighted by Crippen LogP contribution is 2.44. The molecule has 1 aliphatic heterocycles. The smallest absolute Gasteiger partial charge is 0.265 e. The average Bonchev–Trinajstić information content (AvgIpc) is 3.41. The summed E-state index contributed by atoms with van der Waals surface area (Å²) in [6.45, 7) is 0.618. The second-order valence-corrected chi connectivity index (χ2v) is 8.14. The number of aromatic nitrogens is 1. The van der Waals surface area contributed by atoms with Gasteiger partial charge < -0.3 is 19.3 Å². The van der Waals surface area contributed by atoms with E-state index in [1.165, 1.54) is 24.3 Å². The summed E-state index contributed by atoms with van der Waals surface area (Å²) in [6.07, 6.45) is -0.291. The van der Waals surface area contributed by atoms with Gasteiger partial charge in [-0.1, -0.05) is 6.07 Å². The van der Waals surface area contributed by atoms with Crippen LogP contribution in [-0.2, 0) is 6.42 Å². The second kappa shape index (κ2) is 8.94. The maximum Gasteiger partial charge on any atom is 0.265 e. The molecule has 2 unspecified atom stereocenters. The minimum absolute atomic E-state index is 0.0974. The largest absolute Gasteiger partial charge is 0.493 e. The third-order valence-electron chi connectivity index (χ3n) is 6.09. The zero-order valence-electron chi connectivity index (χ0n) is 17.6. The highest BCUT2D eigenvalue weighted by Gasteiger charge is 2.32. The lowest BCUT2D eigenvalue weighted by Gasteiger charge is -2.17. The van der Waals surface area contributed by atoms with E-state index in [4.69, 9.17) is 14.2 Å². The van der Waals surface area contributed by atoms with Gasteiger partial charge in [0.05, 0.1) is 6.61 Å². The molecule has 1 aliphatic carbocycles. The van der Waals surface area contributed by atoms with Crippen molar-refractivity contribution >= 4 is 0 Å². The molecule has 3 aromatic rings. The summed E-state index contributed by atoms with van der Waals surface area (Å²) in [4.78, 5) is 3.93. The Labute approximate surface area is 188 Å². The molecule has 0 fully saturated rings. The van der Waals surface area contributed by atoms with Gasteiger partial charge in [0.15, 0.2) is 0 Å². The highest BCUT2D eigenvalue weighted by molar-refractivity contribution is 5.49. The van der Waals surface area contributed by atoms with Gasteiger partial charge in [0.1, 0.15) is 29.2 Å². The number of benzene rings is 2. The van der Waals surface area contributed by atoms with Crippen molar-refractivity contribution in [2.75, 3.05) is 13.2 Å². The topological polar surface area (TPSA) is 60.8 Å². The van der Waals surface area contributed by atoms with E-state index in [-0.39, 0.29) is 29.8 Å². The number of hydrogen-bond acceptors (Lipinski definition) is 5. The molecular formula is C25H22F3NO4. The van der Waals surface area contributed by atoms with Gasteiger partial charge in [-0.15, -0.1) is 0 Å². The van der Waals surface area contributed by atoms with E-state index in [1.807, 2.05) is 12.1 Å². The van der Waals surface area contributed by atoms with E-state index in [1.54, 1.807) is 6.07 Å². The number of hydrogen-bond donors (Lipinski definition) is 1. The van der Waals surface area contributed by atoms with Crippen LogP contribution in [0.25, 0.3) is 0 Å². The maximum atomic E-state index is 14.8. The summed E-state index contributed by atoms with van der Waals surface area (Å²) in [7, 11) is 0. The van der Waals surface area contributed by atoms with Gasteiger partial charge in [-0.3, -0.25) is 0 Å². The van der Waals surface area contributed by atoms with Crippen LogP contribution in [0, 0.1) is 5.82 Å². The zero-order chi connectivity index (χ0) is 22.9. The molecule has 5 nitrogen and oxygen atoms in total. The lowest BCUT2D eigenvalue weighted by Crippen LogP contribution is -2.06. The normalized spacial score (nSPS) is 18.7. The Balaban J connectivity index is 1.35. The Hall–Kier alpha value is -3.26. The number of aliphatic hydroxyl groups excluding tert-OH is 1. The van der Waals surface area contributed by atoms with Crippen LogP contribution in [0.15, 0.2) is 48.7 Å². The molecule has 0 radical (unpaired) electrons. The Kier molecular flexibility index (Phi) is 5.85. The standard InChI is InChI=1S/C25H22F3NO4/c26-19-5-7-20(33-23-8-1-14(12-29-23)25(27)28)18-4-6-21(24(18)19)32-16-2-3-17-15(9-10-30)13-31-22(17)11-16/h1-3,5,7-8,11-12,15,21,25,30H,4,6,9-10,13H2. The number of fused-ring (bicyclic) bond motifs is 2. The van der Waals surface area contributed by atoms with E-state index in [0.717, 1.165) is 17.5 Å². The van der Waals surface area contributed by atoms with E-state index in [2.05, 4.69) is 4.98 Å². The van der Waals surface area contributed by atoms with Gasteiger partial charge in [0.2, 0.25) is 5.88 Å². The fourth-order valence-corrected chi connectivity index (χ4v) is 4.44. The molecule has 2 heterocycles. The van der Waals surface area contributed by atoms with E-state index in [9.17, 15) is 18.3 Å². The number of rotatable bonds is 7. The summed E-state index contributed by atoms with van der Waals surface area (Å²) < 4.78 is 57.9. The van der Waals surface area contributed by atoms with Crippen molar-refractivity contribution in [3.05, 3.63) is 76.7 Å². The number of aliphatic hydroxyl groups is 1. The molecule has 8 heteroatoms. The number of alkyl halides is 2. The van der Waals surface area contributed by atoms with E-state index >= 15 is 0 Å². The lowest BCUT2D eigenvalue weighted by molar-refractivity contribution is 0.151. The first-order chi connectivity index (χ1) is 16.0. The van der Waals surface area contributed by atoms with Crippen molar-refractivity contribution in [3.63, 3.8) is 0 Å². The second-order valence-electron chi connectivity index (χ2n) is 8.14. The summed E-state index contributed by atoms with van der Waals surface area (Å²) >= 11 is 0. The number of halogens is 3. The van der Waals surface area contributed by atoms with Crippen LogP contribution in [0.5, 0.6) is 23.1 Å². The predicted octanol–water partition coefficient (Wildman–Crippen LogP) is 5.88. The van der Waals surface area contributed by atoms with Crippen molar-refractivity contribution < 1.29 is 32.5 Å². The van der Waals surface area contributed by atoms with Gasteiger partial charge in [0, 0.05) is 53.1 Å². The molecular weight excluding hydrogens is 435 g/mol. The minimum Gasteiger partial charge on any atom is -0.493 e. The summed E-state index contributed by atoms with van der Waals surface area (Å²) in [5, 5.41) is 9.21. The van der Waals surface area contributed by atoms with Crippen LogP contribution >= 0.6 is 0 Å². The van der Waals surface area contributed by atoms with Crippen molar-refractivity contribution in [1.29, 1.82) is 0 Å². The third-order valence-corrected chi connectivity index (χ3v) is 6.09. The molecule has 2 aromatic carbocycles. The summed E-state index contributed by atoms with van der Waals surface area (Å²) in [5.41, 5.74) is 1.95. The molecule has 33 heavy (non-hydrogen) atoms. The molecule has 0 amide bonds. The molecule has 2 atom stereocenters. The molecule has 0 spiro atoms. The average molecular weight is 457 g/mol. The molecule has 5 rings (SSSR count). The Bertz CT molecular complexity index is 1150. The minimum atomic E-state index is -2.61. The summed E-state index contributed by atoms with van der Waals surface area (Å²) in [6, 6.07) is 11.0. The Morgan fingerprint density at radius 1 is 1.15 bits per heavy atom. The van der Waals surface area contributed by atoms with Crippen molar-refractivity contribution in [1.82, 2.24) is 4.98 Å². The summed E-state index contributed by atoms with van der Waals surface area (Å²) in [5.74, 6) is 1.66. The van der Waals surface area contributed by atoms with E-state index in [0.29, 0.717) is 48.5 Å². The van der Waals surface area contributed by atoms with E-state index < -0.39 is 12.5 Å². The zero-order valence-corrected chi connectivity index (χ0v) is 17.6. The predicted molar refractivity (Wildman–Crippen MR) is 114 cm³/mol. The first-order valence-electron chi connectivity index (χ1n) is 10.8. The molecule has 2 aliphatic rings. The highest BCUT2D eigenvalue weighted by atomic mass is 19.3. The van der Waals surface area contributed by atoms with Crippen LogP contribution in [0.1, 0.15) is 53.5 Å². The first kappa shape index (κ1) is 21.6. The molecule has 0 saturated heterocycles. The van der Waals surface area contributed by atoms with Gasteiger partial charge in [-0.2, -0.15) is 0 Å². The first-order valence-corrected chi connectivity index (χ1v) is 10.8. The SMILES string of the molecule is OCCC1COc2cc(OC3CCc4c(Oc5ccc(C(F)F)cn5)ccc(F)c43)ccc21. The van der Waals surface area contributed by atoms with Gasteiger partial charge in [-0.25, -0.2) is 18.2 Å². The van der Waals surface area contributed by atoms with Crippen molar-refractivity contribution in [2.45, 2.75) is 37.7 Å². The lowest BCUT2D eigenvalue weighted by atomic mass is 9.98.